The van der Waals surface area contributed by atoms with E-state index in [1.807, 2.05) is 0 Å². The molecule has 2 aliphatic rings. The van der Waals surface area contributed by atoms with Crippen molar-refractivity contribution >= 4 is 5.97 Å². The van der Waals surface area contributed by atoms with Crippen molar-refractivity contribution in [3.63, 3.8) is 0 Å². The minimum Gasteiger partial charge on any atom is -0.466 e. The number of alkyl halides is 3. The van der Waals surface area contributed by atoms with Crippen LogP contribution in [0.15, 0.2) is 40.7 Å². The highest BCUT2D eigenvalue weighted by Gasteiger charge is 2.45. The Labute approximate surface area is 152 Å². The van der Waals surface area contributed by atoms with Crippen molar-refractivity contribution in [1.29, 1.82) is 0 Å². The van der Waals surface area contributed by atoms with Gasteiger partial charge in [0.05, 0.1) is 25.0 Å². The summed E-state index contributed by atoms with van der Waals surface area (Å²) in [7, 11) is 1.01. The standard InChI is InChI=1S/C18H17F4NO4/c1-7(19)11-8(4-3-5-9(11)20)12-13-10(6-27-18(13)25)23-15(16(21)22)14(12)17(24)26-2/h3-5,7,12,16,18,23,25H,6H2,1-2H3/t7-,12+,18?/m0/s1. The van der Waals surface area contributed by atoms with Crippen LogP contribution in [-0.4, -0.2) is 37.5 Å². The molecule has 9 heteroatoms. The van der Waals surface area contributed by atoms with E-state index in [2.05, 4.69) is 10.1 Å². The molecular weight excluding hydrogens is 370 g/mol. The molecule has 0 saturated carbocycles. The molecule has 2 aliphatic heterocycles. The van der Waals surface area contributed by atoms with Gasteiger partial charge in [0, 0.05) is 22.8 Å². The zero-order valence-electron chi connectivity index (χ0n) is 14.4. The van der Waals surface area contributed by atoms with E-state index in [-0.39, 0.29) is 29.0 Å². The predicted octanol–water partition coefficient (Wildman–Crippen LogP) is 2.84. The molecule has 0 amide bonds. The zero-order chi connectivity index (χ0) is 19.9. The molecule has 0 aromatic heterocycles. The molecular formula is C18H17F4NO4. The Morgan fingerprint density at radius 1 is 1.37 bits per heavy atom. The molecule has 1 unspecified atom stereocenters. The first-order chi connectivity index (χ1) is 12.8. The number of aliphatic hydroxyl groups is 1. The number of methoxy groups -OCH3 is 1. The number of hydrogen-bond acceptors (Lipinski definition) is 5. The number of hydrogen-bond donors (Lipinski definition) is 2. The van der Waals surface area contributed by atoms with Crippen LogP contribution < -0.4 is 5.32 Å². The fraction of sp³-hybridized carbons (Fsp3) is 0.389. The van der Waals surface area contributed by atoms with E-state index in [0.29, 0.717) is 0 Å². The lowest BCUT2D eigenvalue weighted by Crippen LogP contribution is -2.34. The van der Waals surface area contributed by atoms with E-state index in [1.165, 1.54) is 12.1 Å². The number of carbonyl (C=O) groups is 1. The molecule has 1 aromatic carbocycles. The number of aliphatic hydroxyl groups excluding tert-OH is 1. The van der Waals surface area contributed by atoms with Gasteiger partial charge in [-0.2, -0.15) is 0 Å². The fourth-order valence-corrected chi connectivity index (χ4v) is 3.51. The summed E-state index contributed by atoms with van der Waals surface area (Å²) in [4.78, 5) is 12.3. The number of nitrogens with one attached hydrogen (secondary N) is 1. The number of allylic oxidation sites excluding steroid dienone is 1. The summed E-state index contributed by atoms with van der Waals surface area (Å²) < 4.78 is 65.5. The third-order valence-corrected chi connectivity index (χ3v) is 4.59. The SMILES string of the molecule is COC(=O)C1=C(C(F)F)NC2=C(C(O)OC2)[C@H]1c1cccc(F)c1[C@H](C)F. The summed E-state index contributed by atoms with van der Waals surface area (Å²) in [6.07, 6.45) is -6.40. The molecule has 5 nitrogen and oxygen atoms in total. The maximum absolute atomic E-state index is 14.3. The normalized spacial score (nSPS) is 23.4. The summed E-state index contributed by atoms with van der Waals surface area (Å²) in [5.74, 6) is -3.34. The van der Waals surface area contributed by atoms with Crippen LogP contribution in [0.1, 0.15) is 30.1 Å². The van der Waals surface area contributed by atoms with Crippen LogP contribution in [0.5, 0.6) is 0 Å². The van der Waals surface area contributed by atoms with Crippen molar-refractivity contribution in [1.82, 2.24) is 5.32 Å². The Morgan fingerprint density at radius 3 is 2.67 bits per heavy atom. The largest absolute Gasteiger partial charge is 0.466 e. The van der Waals surface area contributed by atoms with Crippen molar-refractivity contribution in [3.8, 4) is 0 Å². The third kappa shape index (κ3) is 3.21. The molecule has 3 rings (SSSR count). The molecule has 146 valence electrons. The van der Waals surface area contributed by atoms with Gasteiger partial charge in [0.25, 0.3) is 6.43 Å². The molecule has 0 spiro atoms. The van der Waals surface area contributed by atoms with Crippen LogP contribution in [0.2, 0.25) is 0 Å². The first kappa shape index (κ1) is 19.4. The van der Waals surface area contributed by atoms with Crippen LogP contribution in [0.25, 0.3) is 0 Å². The summed E-state index contributed by atoms with van der Waals surface area (Å²) in [5, 5.41) is 12.6. The highest BCUT2D eigenvalue weighted by molar-refractivity contribution is 5.93. The molecule has 0 saturated heterocycles. The Morgan fingerprint density at radius 2 is 2.07 bits per heavy atom. The van der Waals surface area contributed by atoms with Crippen LogP contribution in [0.4, 0.5) is 17.6 Å². The molecule has 2 N–H and O–H groups in total. The molecule has 0 aliphatic carbocycles. The van der Waals surface area contributed by atoms with Gasteiger partial charge in [-0.1, -0.05) is 12.1 Å². The second-order valence-electron chi connectivity index (χ2n) is 6.13. The van der Waals surface area contributed by atoms with E-state index in [1.54, 1.807) is 0 Å². The monoisotopic (exact) mass is 387 g/mol. The Bertz CT molecular complexity index is 835. The van der Waals surface area contributed by atoms with Crippen LogP contribution in [0.3, 0.4) is 0 Å². The number of carbonyl (C=O) groups excluding carboxylic acids is 1. The fourth-order valence-electron chi connectivity index (χ4n) is 3.51. The molecule has 3 atom stereocenters. The minimum atomic E-state index is -3.09. The van der Waals surface area contributed by atoms with Gasteiger partial charge in [0.15, 0.2) is 6.29 Å². The van der Waals surface area contributed by atoms with Gasteiger partial charge in [-0.15, -0.1) is 0 Å². The van der Waals surface area contributed by atoms with Crippen molar-refractivity contribution in [2.75, 3.05) is 13.7 Å². The van der Waals surface area contributed by atoms with Gasteiger partial charge in [-0.3, -0.25) is 0 Å². The lowest BCUT2D eigenvalue weighted by molar-refractivity contribution is -0.136. The van der Waals surface area contributed by atoms with E-state index < -0.39 is 47.9 Å². The van der Waals surface area contributed by atoms with Crippen LogP contribution in [0, 0.1) is 5.82 Å². The van der Waals surface area contributed by atoms with Crippen molar-refractivity contribution in [2.24, 2.45) is 0 Å². The molecule has 0 fully saturated rings. The number of ether oxygens (including phenoxy) is 2. The van der Waals surface area contributed by atoms with Gasteiger partial charge in [-0.05, 0) is 18.6 Å². The van der Waals surface area contributed by atoms with Crippen molar-refractivity contribution in [2.45, 2.75) is 31.7 Å². The Balaban J connectivity index is 2.32. The lowest BCUT2D eigenvalue weighted by Gasteiger charge is -2.32. The quantitative estimate of drug-likeness (QED) is 0.614. The van der Waals surface area contributed by atoms with Crippen LogP contribution in [-0.2, 0) is 14.3 Å². The lowest BCUT2D eigenvalue weighted by atomic mass is 9.78. The van der Waals surface area contributed by atoms with Crippen LogP contribution >= 0.6 is 0 Å². The van der Waals surface area contributed by atoms with Gasteiger partial charge in [0.2, 0.25) is 0 Å². The van der Waals surface area contributed by atoms with Crippen molar-refractivity contribution in [3.05, 3.63) is 57.7 Å². The maximum Gasteiger partial charge on any atom is 0.336 e. The number of rotatable bonds is 4. The first-order valence-corrected chi connectivity index (χ1v) is 8.10. The van der Waals surface area contributed by atoms with E-state index in [0.717, 1.165) is 20.1 Å². The molecule has 0 bridgehead atoms. The molecule has 0 radical (unpaired) electrons. The van der Waals surface area contributed by atoms with Gasteiger partial charge < -0.3 is 19.9 Å². The second kappa shape index (κ2) is 7.32. The van der Waals surface area contributed by atoms with Gasteiger partial charge in [0.1, 0.15) is 12.0 Å². The average Bonchev–Trinajstić information content (AvgIpc) is 2.99. The maximum atomic E-state index is 14.3. The number of benzene rings is 1. The minimum absolute atomic E-state index is 0.0484. The highest BCUT2D eigenvalue weighted by atomic mass is 19.3. The number of esters is 1. The summed E-state index contributed by atoms with van der Waals surface area (Å²) >= 11 is 0. The third-order valence-electron chi connectivity index (χ3n) is 4.59. The van der Waals surface area contributed by atoms with E-state index >= 15 is 0 Å². The topological polar surface area (TPSA) is 67.8 Å². The molecule has 27 heavy (non-hydrogen) atoms. The number of halogens is 4. The average molecular weight is 387 g/mol. The van der Waals surface area contributed by atoms with E-state index in [9.17, 15) is 27.5 Å². The van der Waals surface area contributed by atoms with Gasteiger partial charge in [-0.25, -0.2) is 22.4 Å². The van der Waals surface area contributed by atoms with Gasteiger partial charge >= 0.3 is 5.97 Å². The highest BCUT2D eigenvalue weighted by Crippen LogP contribution is 2.46. The smallest absolute Gasteiger partial charge is 0.336 e. The molecule has 1 aromatic rings. The summed E-state index contributed by atoms with van der Waals surface area (Å²) in [6.45, 7) is 0.878. The Kier molecular flexibility index (Phi) is 5.25. The number of dihydropyridines is 1. The summed E-state index contributed by atoms with van der Waals surface area (Å²) in [5.41, 5.74) is -1.54. The van der Waals surface area contributed by atoms with Crippen molar-refractivity contribution < 1.29 is 36.9 Å². The first-order valence-electron chi connectivity index (χ1n) is 8.10. The van der Waals surface area contributed by atoms with E-state index in [4.69, 9.17) is 4.74 Å². The predicted molar refractivity (Wildman–Crippen MR) is 85.8 cm³/mol. The molecule has 2 heterocycles. The zero-order valence-corrected chi connectivity index (χ0v) is 14.4. The summed E-state index contributed by atoms with van der Waals surface area (Å²) in [6, 6.07) is 3.63. The second-order valence-corrected chi connectivity index (χ2v) is 6.13. The Hall–Kier alpha value is -2.39.